The van der Waals surface area contributed by atoms with Crippen molar-refractivity contribution in [2.45, 2.75) is 46.1 Å². The lowest BCUT2D eigenvalue weighted by molar-refractivity contribution is -0.155. The highest BCUT2D eigenvalue weighted by Crippen LogP contribution is 2.40. The quantitative estimate of drug-likeness (QED) is 0.804. The number of aliphatic carboxylic acids is 1. The average Bonchev–Trinajstić information content (AvgIpc) is 2.17. The largest absolute Gasteiger partial charge is 0.479 e. The van der Waals surface area contributed by atoms with E-state index in [1.807, 2.05) is 0 Å². The molecule has 0 heterocycles. The van der Waals surface area contributed by atoms with Crippen molar-refractivity contribution in [1.82, 2.24) is 0 Å². The highest BCUT2D eigenvalue weighted by atomic mass is 16.5. The van der Waals surface area contributed by atoms with Gasteiger partial charge in [0, 0.05) is 7.11 Å². The van der Waals surface area contributed by atoms with Crippen LogP contribution in [-0.2, 0) is 9.53 Å². The van der Waals surface area contributed by atoms with E-state index >= 15 is 0 Å². The van der Waals surface area contributed by atoms with Crippen LogP contribution in [-0.4, -0.2) is 24.3 Å². The van der Waals surface area contributed by atoms with Crippen LogP contribution in [0.25, 0.3) is 0 Å². The molecule has 1 saturated carbocycles. The van der Waals surface area contributed by atoms with Crippen LogP contribution in [0.15, 0.2) is 0 Å². The zero-order chi connectivity index (χ0) is 12.3. The summed E-state index contributed by atoms with van der Waals surface area (Å²) in [5.41, 5.74) is 0. The highest BCUT2D eigenvalue weighted by molar-refractivity contribution is 5.72. The molecule has 1 N–H and O–H groups in total. The fourth-order valence-electron chi connectivity index (χ4n) is 3.08. The lowest BCUT2D eigenvalue weighted by atomic mass is 9.68. The minimum absolute atomic E-state index is 0.172. The summed E-state index contributed by atoms with van der Waals surface area (Å²) < 4.78 is 5.18. The molecule has 3 nitrogen and oxygen atoms in total. The fourth-order valence-corrected chi connectivity index (χ4v) is 3.08. The molecule has 0 aromatic heterocycles. The topological polar surface area (TPSA) is 46.5 Å². The molecule has 0 aliphatic heterocycles. The van der Waals surface area contributed by atoms with Crippen molar-refractivity contribution in [3.63, 3.8) is 0 Å². The maximum atomic E-state index is 11.2. The van der Waals surface area contributed by atoms with Crippen molar-refractivity contribution in [3.8, 4) is 0 Å². The Morgan fingerprint density at radius 3 is 2.38 bits per heavy atom. The summed E-state index contributed by atoms with van der Waals surface area (Å²) in [5, 5.41) is 9.19. The minimum Gasteiger partial charge on any atom is -0.479 e. The van der Waals surface area contributed by atoms with E-state index in [0.717, 1.165) is 12.8 Å². The lowest BCUT2D eigenvalue weighted by Crippen LogP contribution is -2.41. The van der Waals surface area contributed by atoms with E-state index in [1.165, 1.54) is 13.5 Å². The summed E-state index contributed by atoms with van der Waals surface area (Å²) in [6.45, 7) is 6.57. The molecule has 3 heteroatoms. The van der Waals surface area contributed by atoms with E-state index in [2.05, 4.69) is 20.8 Å². The molecule has 1 fully saturated rings. The lowest BCUT2D eigenvalue weighted by Gasteiger charge is -2.39. The second kappa shape index (κ2) is 5.67. The molecule has 1 aliphatic rings. The van der Waals surface area contributed by atoms with Crippen molar-refractivity contribution in [2.24, 2.45) is 23.7 Å². The molecule has 0 amide bonds. The van der Waals surface area contributed by atoms with Crippen LogP contribution < -0.4 is 0 Å². The van der Waals surface area contributed by atoms with Gasteiger partial charge in [0.1, 0.15) is 0 Å². The predicted octanol–water partition coefficient (Wildman–Crippen LogP) is 2.79. The molecule has 4 atom stereocenters. The number of rotatable bonds is 4. The second-order valence-electron chi connectivity index (χ2n) is 5.48. The first-order chi connectivity index (χ1) is 7.47. The standard InChI is InChI=1S/C13H24O3/c1-8(2)10-6-5-9(3)7-11(10)12(16-4)13(14)15/h8-12H,5-7H2,1-4H3,(H,14,15)/t9-,10+,11+,12?/m1/s1. The van der Waals surface area contributed by atoms with Crippen LogP contribution in [0.5, 0.6) is 0 Å². The first-order valence-corrected chi connectivity index (χ1v) is 6.23. The number of hydrogen-bond acceptors (Lipinski definition) is 2. The molecule has 16 heavy (non-hydrogen) atoms. The molecule has 1 rings (SSSR count). The third kappa shape index (κ3) is 2.97. The SMILES string of the molecule is COC(C(=O)O)[C@H]1C[C@H](C)CC[C@H]1C(C)C. The number of ether oxygens (including phenoxy) is 1. The molecule has 0 aromatic carbocycles. The maximum absolute atomic E-state index is 11.2. The number of methoxy groups -OCH3 is 1. The van der Waals surface area contributed by atoms with Gasteiger partial charge in [-0.3, -0.25) is 0 Å². The Bertz CT molecular complexity index is 237. The monoisotopic (exact) mass is 228 g/mol. The third-order valence-corrected chi connectivity index (χ3v) is 3.96. The molecule has 0 bridgehead atoms. The summed E-state index contributed by atoms with van der Waals surface area (Å²) in [6, 6.07) is 0. The van der Waals surface area contributed by atoms with E-state index in [4.69, 9.17) is 4.74 Å². The highest BCUT2D eigenvalue weighted by Gasteiger charge is 2.39. The van der Waals surface area contributed by atoms with Gasteiger partial charge in [-0.25, -0.2) is 4.79 Å². The molecular weight excluding hydrogens is 204 g/mol. The van der Waals surface area contributed by atoms with Crippen LogP contribution in [0.1, 0.15) is 40.0 Å². The van der Waals surface area contributed by atoms with Gasteiger partial charge < -0.3 is 9.84 Å². The molecule has 1 unspecified atom stereocenters. The van der Waals surface area contributed by atoms with E-state index in [9.17, 15) is 9.90 Å². The van der Waals surface area contributed by atoms with Gasteiger partial charge in [0.15, 0.2) is 6.10 Å². The van der Waals surface area contributed by atoms with Crippen LogP contribution in [0.3, 0.4) is 0 Å². The zero-order valence-electron chi connectivity index (χ0n) is 10.8. The molecule has 0 radical (unpaired) electrons. The van der Waals surface area contributed by atoms with Crippen molar-refractivity contribution < 1.29 is 14.6 Å². The Hall–Kier alpha value is -0.570. The van der Waals surface area contributed by atoms with Gasteiger partial charge in [0.25, 0.3) is 0 Å². The summed E-state index contributed by atoms with van der Waals surface area (Å²) in [4.78, 5) is 11.2. The Balaban J connectivity index is 2.81. The molecule has 0 aromatic rings. The van der Waals surface area contributed by atoms with Crippen molar-refractivity contribution in [1.29, 1.82) is 0 Å². The Labute approximate surface area is 98.2 Å². The van der Waals surface area contributed by atoms with Gasteiger partial charge in [0.05, 0.1) is 0 Å². The van der Waals surface area contributed by atoms with E-state index in [-0.39, 0.29) is 5.92 Å². The molecule has 1 aliphatic carbocycles. The number of carboxylic acid groups (broad SMARTS) is 1. The molecule has 0 saturated heterocycles. The number of carbonyl (C=O) groups is 1. The maximum Gasteiger partial charge on any atom is 0.333 e. The number of carboxylic acids is 1. The van der Waals surface area contributed by atoms with E-state index in [1.54, 1.807) is 0 Å². The Kier molecular flexibility index (Phi) is 4.78. The van der Waals surface area contributed by atoms with Crippen LogP contribution in [0.2, 0.25) is 0 Å². The average molecular weight is 228 g/mol. The van der Waals surface area contributed by atoms with Gasteiger partial charge in [-0.2, -0.15) is 0 Å². The van der Waals surface area contributed by atoms with Crippen molar-refractivity contribution >= 4 is 5.97 Å². The van der Waals surface area contributed by atoms with Crippen LogP contribution >= 0.6 is 0 Å². The molecule has 94 valence electrons. The predicted molar refractivity (Wildman–Crippen MR) is 63.3 cm³/mol. The van der Waals surface area contributed by atoms with Gasteiger partial charge in [0.2, 0.25) is 0 Å². The van der Waals surface area contributed by atoms with Crippen LogP contribution in [0.4, 0.5) is 0 Å². The molecule has 0 spiro atoms. The van der Waals surface area contributed by atoms with E-state index in [0.29, 0.717) is 17.8 Å². The van der Waals surface area contributed by atoms with Crippen LogP contribution in [0, 0.1) is 23.7 Å². The van der Waals surface area contributed by atoms with Gasteiger partial charge >= 0.3 is 5.97 Å². The number of hydrogen-bond donors (Lipinski definition) is 1. The minimum atomic E-state index is -0.813. The normalized spacial score (nSPS) is 32.7. The fraction of sp³-hybridized carbons (Fsp3) is 0.923. The van der Waals surface area contributed by atoms with Gasteiger partial charge in [-0.05, 0) is 36.5 Å². The van der Waals surface area contributed by atoms with Crippen molar-refractivity contribution in [2.75, 3.05) is 7.11 Å². The van der Waals surface area contributed by atoms with Gasteiger partial charge in [-0.1, -0.05) is 27.2 Å². The van der Waals surface area contributed by atoms with Gasteiger partial charge in [-0.15, -0.1) is 0 Å². The smallest absolute Gasteiger partial charge is 0.333 e. The summed E-state index contributed by atoms with van der Waals surface area (Å²) in [5.74, 6) is 1.00. The summed E-state index contributed by atoms with van der Waals surface area (Å²) >= 11 is 0. The summed E-state index contributed by atoms with van der Waals surface area (Å²) in [7, 11) is 1.51. The summed E-state index contributed by atoms with van der Waals surface area (Å²) in [6.07, 6.45) is 2.70. The Morgan fingerprint density at radius 1 is 1.31 bits per heavy atom. The van der Waals surface area contributed by atoms with Crippen molar-refractivity contribution in [3.05, 3.63) is 0 Å². The Morgan fingerprint density at radius 2 is 1.94 bits per heavy atom. The third-order valence-electron chi connectivity index (χ3n) is 3.96. The first kappa shape index (κ1) is 13.5. The second-order valence-corrected chi connectivity index (χ2v) is 5.48. The zero-order valence-corrected chi connectivity index (χ0v) is 10.8. The van der Waals surface area contributed by atoms with E-state index < -0.39 is 12.1 Å². The first-order valence-electron chi connectivity index (χ1n) is 6.23. The molecular formula is C13H24O3.